The van der Waals surface area contributed by atoms with Gasteiger partial charge in [0, 0.05) is 25.2 Å². The Morgan fingerprint density at radius 3 is 2.21 bits per heavy atom. The molecule has 3 N–H and O–H groups in total. The average molecular weight is 570 g/mol. The van der Waals surface area contributed by atoms with Gasteiger partial charge in [-0.2, -0.15) is 0 Å². The van der Waals surface area contributed by atoms with Gasteiger partial charge < -0.3 is 30.2 Å². The van der Waals surface area contributed by atoms with Crippen molar-refractivity contribution in [3.63, 3.8) is 0 Å². The van der Waals surface area contributed by atoms with E-state index >= 15 is 0 Å². The highest BCUT2D eigenvalue weighted by Gasteiger charge is 2.13. The number of aliphatic imine (C=N–C) groups is 1. The zero-order chi connectivity index (χ0) is 23.3. The summed E-state index contributed by atoms with van der Waals surface area (Å²) in [5, 5.41) is 9.51. The fourth-order valence-corrected chi connectivity index (χ4v) is 3.13. The highest BCUT2D eigenvalue weighted by molar-refractivity contribution is 14.0. The second-order valence-electron chi connectivity index (χ2n) is 7.08. The van der Waals surface area contributed by atoms with Gasteiger partial charge in [-0.1, -0.05) is 19.1 Å². The topological polar surface area (TPSA) is 93.2 Å². The quantitative estimate of drug-likeness (QED) is 0.212. The minimum Gasteiger partial charge on any atom is -0.493 e. The molecule has 8 nitrogen and oxygen atoms in total. The number of carbonyl (C=O) groups excluding carboxylic acids is 1. The molecule has 0 aliphatic carbocycles. The Labute approximate surface area is 213 Å². The van der Waals surface area contributed by atoms with Crippen molar-refractivity contribution in [1.29, 1.82) is 0 Å². The van der Waals surface area contributed by atoms with E-state index in [9.17, 15) is 4.79 Å². The van der Waals surface area contributed by atoms with E-state index in [-0.39, 0.29) is 29.9 Å². The first-order chi connectivity index (χ1) is 15.5. The average Bonchev–Trinajstić information content (AvgIpc) is 2.80. The number of hydrogen-bond acceptors (Lipinski definition) is 5. The summed E-state index contributed by atoms with van der Waals surface area (Å²) in [6.45, 7) is 5.73. The monoisotopic (exact) mass is 570 g/mol. The summed E-state index contributed by atoms with van der Waals surface area (Å²) < 4.78 is 16.2. The second-order valence-corrected chi connectivity index (χ2v) is 7.08. The lowest BCUT2D eigenvalue weighted by Gasteiger charge is -2.15. The molecule has 1 amide bonds. The molecule has 33 heavy (non-hydrogen) atoms. The van der Waals surface area contributed by atoms with Crippen LogP contribution in [0.25, 0.3) is 0 Å². The molecule has 182 valence electrons. The number of halogens is 1. The first kappa shape index (κ1) is 28.3. The van der Waals surface area contributed by atoms with Crippen LogP contribution in [0.4, 0.5) is 5.69 Å². The molecule has 0 aromatic heterocycles. The van der Waals surface area contributed by atoms with Crippen molar-refractivity contribution < 1.29 is 19.0 Å². The first-order valence-corrected chi connectivity index (χ1v) is 10.7. The molecular weight excluding hydrogens is 535 g/mol. The third kappa shape index (κ3) is 8.99. The zero-order valence-electron chi connectivity index (χ0n) is 20.0. The lowest BCUT2D eigenvalue weighted by molar-refractivity contribution is -0.116. The summed E-state index contributed by atoms with van der Waals surface area (Å²) in [5.74, 6) is 2.45. The molecule has 0 bridgehead atoms. The van der Waals surface area contributed by atoms with E-state index in [1.54, 1.807) is 21.3 Å². The standard InChI is InChI=1S/C24H34N4O4.HI/c1-6-9-22(29)28-19-11-8-10-17(12-19)15-26-24(25-7-2)27-16-18-13-20(30-3)23(32-5)21(14-18)31-4;/h8,10-14H,6-7,9,15-16H2,1-5H3,(H,28,29)(H2,25,26,27);1H. The van der Waals surface area contributed by atoms with Crippen LogP contribution in [0.3, 0.4) is 0 Å². The molecule has 0 unspecified atom stereocenters. The normalized spacial score (nSPS) is 10.6. The van der Waals surface area contributed by atoms with Crippen molar-refractivity contribution >= 4 is 41.5 Å². The van der Waals surface area contributed by atoms with Crippen LogP contribution in [0.2, 0.25) is 0 Å². The van der Waals surface area contributed by atoms with Gasteiger partial charge in [-0.25, -0.2) is 4.99 Å². The maximum Gasteiger partial charge on any atom is 0.224 e. The maximum absolute atomic E-state index is 11.8. The number of hydrogen-bond donors (Lipinski definition) is 3. The fraction of sp³-hybridized carbons (Fsp3) is 0.417. The molecule has 0 radical (unpaired) electrons. The Balaban J connectivity index is 0.00000544. The van der Waals surface area contributed by atoms with E-state index in [0.717, 1.165) is 29.8 Å². The molecule has 2 aromatic carbocycles. The Morgan fingerprint density at radius 1 is 0.939 bits per heavy atom. The number of benzene rings is 2. The van der Waals surface area contributed by atoms with Gasteiger partial charge in [0.15, 0.2) is 17.5 Å². The summed E-state index contributed by atoms with van der Waals surface area (Å²) >= 11 is 0. The van der Waals surface area contributed by atoms with Gasteiger partial charge in [-0.05, 0) is 48.7 Å². The van der Waals surface area contributed by atoms with E-state index in [2.05, 4.69) is 20.9 Å². The summed E-state index contributed by atoms with van der Waals surface area (Å²) in [4.78, 5) is 16.5. The maximum atomic E-state index is 11.8. The van der Waals surface area contributed by atoms with Crippen LogP contribution >= 0.6 is 24.0 Å². The van der Waals surface area contributed by atoms with Crippen LogP contribution in [0.5, 0.6) is 17.2 Å². The Bertz CT molecular complexity index is 896. The van der Waals surface area contributed by atoms with Crippen molar-refractivity contribution in [2.75, 3.05) is 33.2 Å². The van der Waals surface area contributed by atoms with E-state index in [4.69, 9.17) is 14.2 Å². The molecule has 0 aliphatic heterocycles. The molecule has 0 aliphatic rings. The summed E-state index contributed by atoms with van der Waals surface area (Å²) in [6, 6.07) is 11.6. The van der Waals surface area contributed by atoms with Crippen molar-refractivity contribution in [3.8, 4) is 17.2 Å². The van der Waals surface area contributed by atoms with Crippen LogP contribution in [-0.4, -0.2) is 39.7 Å². The predicted molar refractivity (Wildman–Crippen MR) is 143 cm³/mol. The molecule has 0 saturated carbocycles. The third-order valence-electron chi connectivity index (χ3n) is 4.64. The van der Waals surface area contributed by atoms with Gasteiger partial charge in [0.25, 0.3) is 0 Å². The van der Waals surface area contributed by atoms with Crippen LogP contribution in [0, 0.1) is 0 Å². The number of anilines is 1. The zero-order valence-corrected chi connectivity index (χ0v) is 22.3. The summed E-state index contributed by atoms with van der Waals surface area (Å²) in [6.07, 6.45) is 1.34. The summed E-state index contributed by atoms with van der Waals surface area (Å²) in [7, 11) is 4.76. The number of carbonyl (C=O) groups is 1. The Hall–Kier alpha value is -2.69. The van der Waals surface area contributed by atoms with Crippen LogP contribution in [-0.2, 0) is 17.9 Å². The molecule has 0 saturated heterocycles. The smallest absolute Gasteiger partial charge is 0.224 e. The molecule has 9 heteroatoms. The van der Waals surface area contributed by atoms with Crippen molar-refractivity contribution in [2.24, 2.45) is 4.99 Å². The molecule has 0 atom stereocenters. The number of guanidine groups is 1. The molecular formula is C24H35IN4O4. The minimum absolute atomic E-state index is 0. The lowest BCUT2D eigenvalue weighted by Crippen LogP contribution is -2.36. The van der Waals surface area contributed by atoms with Gasteiger partial charge in [-0.3, -0.25) is 4.79 Å². The molecule has 0 heterocycles. The fourth-order valence-electron chi connectivity index (χ4n) is 3.13. The molecule has 2 aromatic rings. The third-order valence-corrected chi connectivity index (χ3v) is 4.64. The van der Waals surface area contributed by atoms with Crippen molar-refractivity contribution in [1.82, 2.24) is 10.6 Å². The number of nitrogens with one attached hydrogen (secondary N) is 3. The first-order valence-electron chi connectivity index (χ1n) is 10.7. The largest absolute Gasteiger partial charge is 0.493 e. The van der Waals surface area contributed by atoms with E-state index in [0.29, 0.717) is 42.7 Å². The van der Waals surface area contributed by atoms with Crippen LogP contribution in [0.15, 0.2) is 41.4 Å². The van der Waals surface area contributed by atoms with Crippen molar-refractivity contribution in [2.45, 2.75) is 39.8 Å². The number of ether oxygens (including phenoxy) is 3. The van der Waals surface area contributed by atoms with E-state index in [1.807, 2.05) is 50.2 Å². The van der Waals surface area contributed by atoms with Gasteiger partial charge in [-0.15, -0.1) is 24.0 Å². The van der Waals surface area contributed by atoms with Gasteiger partial charge in [0.2, 0.25) is 11.7 Å². The van der Waals surface area contributed by atoms with Crippen LogP contribution < -0.4 is 30.2 Å². The number of methoxy groups -OCH3 is 3. The Morgan fingerprint density at radius 2 is 1.64 bits per heavy atom. The highest BCUT2D eigenvalue weighted by atomic mass is 127. The number of rotatable bonds is 11. The Kier molecular flexibility index (Phi) is 13.1. The van der Waals surface area contributed by atoms with Gasteiger partial charge in [0.1, 0.15) is 0 Å². The van der Waals surface area contributed by atoms with Crippen molar-refractivity contribution in [3.05, 3.63) is 47.5 Å². The summed E-state index contributed by atoms with van der Waals surface area (Å²) in [5.41, 5.74) is 2.76. The number of nitrogens with zero attached hydrogens (tertiary/aromatic N) is 1. The van der Waals surface area contributed by atoms with Gasteiger partial charge >= 0.3 is 0 Å². The highest BCUT2D eigenvalue weighted by Crippen LogP contribution is 2.38. The van der Waals surface area contributed by atoms with E-state index < -0.39 is 0 Å². The van der Waals surface area contributed by atoms with E-state index in [1.165, 1.54) is 0 Å². The second kappa shape index (κ2) is 15.2. The number of amides is 1. The van der Waals surface area contributed by atoms with Crippen LogP contribution in [0.1, 0.15) is 37.8 Å². The lowest BCUT2D eigenvalue weighted by atomic mass is 10.2. The predicted octanol–water partition coefficient (Wildman–Crippen LogP) is 4.32. The minimum atomic E-state index is 0. The molecule has 0 spiro atoms. The molecule has 2 rings (SSSR count). The van der Waals surface area contributed by atoms with Gasteiger partial charge in [0.05, 0.1) is 27.9 Å². The SMILES string of the molecule is CCCC(=O)Nc1cccc(CNC(=NCc2cc(OC)c(OC)c(OC)c2)NCC)c1.I. The molecule has 0 fully saturated rings.